The van der Waals surface area contributed by atoms with E-state index in [1.807, 2.05) is 19.9 Å². The van der Waals surface area contributed by atoms with Crippen molar-refractivity contribution >= 4 is 28.9 Å². The Kier molecular flexibility index (Phi) is 3.76. The van der Waals surface area contributed by atoms with E-state index in [0.717, 1.165) is 5.56 Å². The van der Waals surface area contributed by atoms with Crippen LogP contribution in [0.25, 0.3) is 0 Å². The lowest BCUT2D eigenvalue weighted by atomic mass is 10.2. The molecule has 0 bridgehead atoms. The molecule has 0 saturated carbocycles. The van der Waals surface area contributed by atoms with Gasteiger partial charge in [0.2, 0.25) is 0 Å². The molecule has 0 aliphatic carbocycles. The summed E-state index contributed by atoms with van der Waals surface area (Å²) in [7, 11) is 0. The van der Waals surface area contributed by atoms with Gasteiger partial charge in [-0.25, -0.2) is 0 Å². The number of halogens is 1. The molecule has 0 aliphatic rings. The summed E-state index contributed by atoms with van der Waals surface area (Å²) in [5, 5.41) is 7.30. The molecule has 2 rings (SSSR count). The van der Waals surface area contributed by atoms with Gasteiger partial charge in [-0.1, -0.05) is 17.7 Å². The lowest BCUT2D eigenvalue weighted by molar-refractivity contribution is 0.102. The van der Waals surface area contributed by atoms with E-state index in [0.29, 0.717) is 22.9 Å². The molecule has 6 heteroatoms. The second-order valence-electron chi connectivity index (χ2n) is 4.23. The average Bonchev–Trinajstić information content (AvgIpc) is 2.74. The van der Waals surface area contributed by atoms with Crippen molar-refractivity contribution in [2.45, 2.75) is 20.4 Å². The van der Waals surface area contributed by atoms with Gasteiger partial charge in [0, 0.05) is 12.7 Å². The van der Waals surface area contributed by atoms with Crippen LogP contribution in [0.4, 0.5) is 11.4 Å². The minimum absolute atomic E-state index is 0.207. The number of carbonyl (C=O) groups excluding carboxylic acids is 1. The minimum Gasteiger partial charge on any atom is -0.396 e. The molecule has 19 heavy (non-hydrogen) atoms. The first-order chi connectivity index (χ1) is 9.01. The Morgan fingerprint density at radius 2 is 2.26 bits per heavy atom. The largest absolute Gasteiger partial charge is 0.396 e. The van der Waals surface area contributed by atoms with E-state index in [4.69, 9.17) is 17.3 Å². The van der Waals surface area contributed by atoms with Gasteiger partial charge in [-0.2, -0.15) is 5.10 Å². The van der Waals surface area contributed by atoms with Gasteiger partial charge in [-0.05, 0) is 31.5 Å². The van der Waals surface area contributed by atoms with Gasteiger partial charge >= 0.3 is 0 Å². The first-order valence-electron chi connectivity index (χ1n) is 5.91. The highest BCUT2D eigenvalue weighted by Crippen LogP contribution is 2.23. The van der Waals surface area contributed by atoms with Crippen molar-refractivity contribution in [2.75, 3.05) is 11.1 Å². The van der Waals surface area contributed by atoms with Gasteiger partial charge in [-0.15, -0.1) is 0 Å². The van der Waals surface area contributed by atoms with Gasteiger partial charge in [-0.3, -0.25) is 9.48 Å². The number of nitrogens with one attached hydrogen (secondary N) is 1. The zero-order valence-electron chi connectivity index (χ0n) is 10.8. The number of hydrogen-bond acceptors (Lipinski definition) is 3. The van der Waals surface area contributed by atoms with E-state index < -0.39 is 0 Å². The predicted molar refractivity (Wildman–Crippen MR) is 76.5 cm³/mol. The lowest BCUT2D eigenvalue weighted by Crippen LogP contribution is -2.15. The number of amides is 1. The predicted octanol–water partition coefficient (Wildman–Crippen LogP) is 2.70. The molecular weight excluding hydrogens is 264 g/mol. The SMILES string of the molecule is CCn1cc(N)c(C(=O)Nc2ccc(C)cc2Cl)n1. The second kappa shape index (κ2) is 5.32. The highest BCUT2D eigenvalue weighted by molar-refractivity contribution is 6.34. The zero-order chi connectivity index (χ0) is 14.0. The Balaban J connectivity index is 2.23. The maximum atomic E-state index is 12.1. The van der Waals surface area contributed by atoms with Crippen LogP contribution < -0.4 is 11.1 Å². The zero-order valence-corrected chi connectivity index (χ0v) is 11.5. The van der Waals surface area contributed by atoms with E-state index in [9.17, 15) is 4.79 Å². The number of nitrogens with zero attached hydrogens (tertiary/aromatic N) is 2. The molecular formula is C13H15ClN4O. The molecule has 0 unspecified atom stereocenters. The van der Waals surface area contributed by atoms with Crippen molar-refractivity contribution < 1.29 is 4.79 Å². The summed E-state index contributed by atoms with van der Waals surface area (Å²) in [6.07, 6.45) is 1.63. The molecule has 0 aliphatic heterocycles. The molecule has 1 amide bonds. The summed E-state index contributed by atoms with van der Waals surface area (Å²) in [5.74, 6) is -0.365. The molecule has 0 saturated heterocycles. The highest BCUT2D eigenvalue weighted by atomic mass is 35.5. The number of rotatable bonds is 3. The van der Waals surface area contributed by atoms with Crippen LogP contribution in [0.15, 0.2) is 24.4 Å². The summed E-state index contributed by atoms with van der Waals surface area (Å²) in [5.41, 5.74) is 7.88. The fraction of sp³-hybridized carbons (Fsp3) is 0.231. The molecule has 1 heterocycles. The van der Waals surface area contributed by atoms with Crippen LogP contribution in [-0.2, 0) is 6.54 Å². The monoisotopic (exact) mass is 278 g/mol. The van der Waals surface area contributed by atoms with Crippen LogP contribution in [0.5, 0.6) is 0 Å². The quantitative estimate of drug-likeness (QED) is 0.907. The van der Waals surface area contributed by atoms with Crippen LogP contribution in [0.3, 0.4) is 0 Å². The van der Waals surface area contributed by atoms with Crippen molar-refractivity contribution in [3.05, 3.63) is 40.7 Å². The third-order valence-electron chi connectivity index (χ3n) is 2.70. The van der Waals surface area contributed by atoms with E-state index in [2.05, 4.69) is 10.4 Å². The average molecular weight is 279 g/mol. The van der Waals surface area contributed by atoms with Gasteiger partial charge in [0.25, 0.3) is 5.91 Å². The number of aromatic nitrogens is 2. The minimum atomic E-state index is -0.365. The Morgan fingerprint density at radius 3 is 2.84 bits per heavy atom. The fourth-order valence-corrected chi connectivity index (χ4v) is 1.96. The first-order valence-corrected chi connectivity index (χ1v) is 6.29. The van der Waals surface area contributed by atoms with Crippen molar-refractivity contribution in [2.24, 2.45) is 0 Å². The number of nitrogen functional groups attached to an aromatic ring is 1. The van der Waals surface area contributed by atoms with E-state index in [1.165, 1.54) is 0 Å². The Morgan fingerprint density at radius 1 is 1.53 bits per heavy atom. The van der Waals surface area contributed by atoms with E-state index in [1.54, 1.807) is 23.0 Å². The molecule has 0 spiro atoms. The second-order valence-corrected chi connectivity index (χ2v) is 4.63. The Hall–Kier alpha value is -2.01. The molecule has 2 aromatic rings. The van der Waals surface area contributed by atoms with Gasteiger partial charge in [0.05, 0.1) is 16.4 Å². The van der Waals surface area contributed by atoms with Crippen LogP contribution in [0, 0.1) is 6.92 Å². The molecule has 0 atom stereocenters. The number of hydrogen-bond donors (Lipinski definition) is 2. The number of aryl methyl sites for hydroxylation is 2. The normalized spacial score (nSPS) is 10.5. The number of anilines is 2. The third kappa shape index (κ3) is 2.88. The number of carbonyl (C=O) groups is 1. The molecule has 3 N–H and O–H groups in total. The summed E-state index contributed by atoms with van der Waals surface area (Å²) < 4.78 is 1.61. The molecule has 5 nitrogen and oxygen atoms in total. The van der Waals surface area contributed by atoms with E-state index in [-0.39, 0.29) is 11.6 Å². The van der Waals surface area contributed by atoms with Crippen molar-refractivity contribution in [1.29, 1.82) is 0 Å². The van der Waals surface area contributed by atoms with Crippen LogP contribution in [0.1, 0.15) is 23.0 Å². The van der Waals surface area contributed by atoms with Crippen LogP contribution in [-0.4, -0.2) is 15.7 Å². The van der Waals surface area contributed by atoms with Crippen LogP contribution in [0.2, 0.25) is 5.02 Å². The smallest absolute Gasteiger partial charge is 0.278 e. The fourth-order valence-electron chi connectivity index (χ4n) is 1.68. The summed E-state index contributed by atoms with van der Waals surface area (Å²) in [6.45, 7) is 4.51. The lowest BCUT2D eigenvalue weighted by Gasteiger charge is -2.06. The highest BCUT2D eigenvalue weighted by Gasteiger charge is 2.15. The standard InChI is InChI=1S/C13H15ClN4O/c1-3-18-7-10(15)12(17-18)13(19)16-11-5-4-8(2)6-9(11)14/h4-7H,3,15H2,1-2H3,(H,16,19). The summed E-state index contributed by atoms with van der Waals surface area (Å²) >= 11 is 6.06. The molecule has 0 fully saturated rings. The molecule has 100 valence electrons. The Labute approximate surface area is 116 Å². The first kappa shape index (κ1) is 13.4. The summed E-state index contributed by atoms with van der Waals surface area (Å²) in [6, 6.07) is 5.41. The van der Waals surface area contributed by atoms with Crippen molar-refractivity contribution in [3.8, 4) is 0 Å². The van der Waals surface area contributed by atoms with Crippen molar-refractivity contribution in [3.63, 3.8) is 0 Å². The van der Waals surface area contributed by atoms with Crippen LogP contribution >= 0.6 is 11.6 Å². The van der Waals surface area contributed by atoms with Gasteiger partial charge in [0.1, 0.15) is 0 Å². The third-order valence-corrected chi connectivity index (χ3v) is 3.01. The summed E-state index contributed by atoms with van der Waals surface area (Å²) in [4.78, 5) is 12.1. The maximum Gasteiger partial charge on any atom is 0.278 e. The van der Waals surface area contributed by atoms with Gasteiger partial charge in [0.15, 0.2) is 5.69 Å². The maximum absolute atomic E-state index is 12.1. The number of benzene rings is 1. The number of nitrogens with two attached hydrogens (primary N) is 1. The van der Waals surface area contributed by atoms with Crippen molar-refractivity contribution in [1.82, 2.24) is 9.78 Å². The molecule has 1 aromatic heterocycles. The Bertz CT molecular complexity index is 621. The van der Waals surface area contributed by atoms with Gasteiger partial charge < -0.3 is 11.1 Å². The van der Waals surface area contributed by atoms with E-state index >= 15 is 0 Å². The molecule has 0 radical (unpaired) electrons. The molecule has 1 aromatic carbocycles. The topological polar surface area (TPSA) is 72.9 Å².